The number of halogens is 1. The van der Waals surface area contributed by atoms with Crippen LogP contribution in [0.4, 0.5) is 0 Å². The number of esters is 1. The number of hydrogen-bond donors (Lipinski definition) is 1. The Morgan fingerprint density at radius 3 is 2.37 bits per heavy atom. The molecule has 2 aromatic carbocycles. The molecule has 2 rings (SSSR count). The van der Waals surface area contributed by atoms with Crippen LogP contribution >= 0.6 is 12.4 Å². The van der Waals surface area contributed by atoms with E-state index in [1.54, 1.807) is 13.2 Å². The molecular formula is C23H33ClNO5+. The molecular weight excluding hydrogens is 406 g/mol. The highest BCUT2D eigenvalue weighted by Gasteiger charge is 2.21. The summed E-state index contributed by atoms with van der Waals surface area (Å²) in [7, 11) is 7.21. The van der Waals surface area contributed by atoms with E-state index in [0.29, 0.717) is 16.8 Å². The summed E-state index contributed by atoms with van der Waals surface area (Å²) in [5.74, 6) is 1.13. The Bertz CT molecular complexity index is 779. The molecule has 1 atom stereocenters. The molecule has 0 saturated heterocycles. The minimum Gasteiger partial charge on any atom is -0.497 e. The van der Waals surface area contributed by atoms with Gasteiger partial charge < -0.3 is 23.8 Å². The fourth-order valence-corrected chi connectivity index (χ4v) is 3.14. The van der Waals surface area contributed by atoms with Gasteiger partial charge in [-0.25, -0.2) is 0 Å². The van der Waals surface area contributed by atoms with Gasteiger partial charge >= 0.3 is 5.97 Å². The number of para-hydroxylation sites is 1. The molecule has 30 heavy (non-hydrogen) atoms. The number of ether oxygens (including phenoxy) is 3. The fourth-order valence-electron chi connectivity index (χ4n) is 3.14. The van der Waals surface area contributed by atoms with Crippen molar-refractivity contribution in [2.75, 3.05) is 48.0 Å². The molecule has 0 amide bonds. The number of aliphatic hydroxyl groups is 1. The summed E-state index contributed by atoms with van der Waals surface area (Å²) in [6.45, 7) is 1.63. The number of carbonyl (C=O) groups excluding carboxylic acids is 1. The molecule has 0 spiro atoms. The molecule has 0 heterocycles. The van der Waals surface area contributed by atoms with Crippen LogP contribution in [-0.4, -0.2) is 69.7 Å². The number of likely N-dealkylation sites (N-methyl/N-ethyl adjacent to an activating group) is 1. The molecule has 6 nitrogen and oxygen atoms in total. The van der Waals surface area contributed by atoms with Crippen molar-refractivity contribution in [2.45, 2.75) is 18.9 Å². The Balaban J connectivity index is 0.00000450. The van der Waals surface area contributed by atoms with Crippen molar-refractivity contribution in [2.24, 2.45) is 0 Å². The molecule has 7 heteroatoms. The number of carbonyl (C=O) groups is 1. The summed E-state index contributed by atoms with van der Waals surface area (Å²) < 4.78 is 16.4. The lowest BCUT2D eigenvalue weighted by Crippen LogP contribution is -2.48. The number of hydrogen-bond acceptors (Lipinski definition) is 5. The van der Waals surface area contributed by atoms with Gasteiger partial charge in [-0.1, -0.05) is 30.3 Å². The minimum atomic E-state index is -0.618. The Kier molecular flexibility index (Phi) is 10.7. The van der Waals surface area contributed by atoms with Gasteiger partial charge in [-0.2, -0.15) is 0 Å². The van der Waals surface area contributed by atoms with Crippen LogP contribution in [0.2, 0.25) is 0 Å². The highest BCUT2D eigenvalue weighted by atomic mass is 35.5. The topological polar surface area (TPSA) is 65.0 Å². The summed E-state index contributed by atoms with van der Waals surface area (Å²) in [5.41, 5.74) is 1.99. The molecule has 0 fully saturated rings. The lowest BCUT2D eigenvalue weighted by Gasteiger charge is -2.32. The standard InChI is InChI=1S/C23H32NO5.ClH/c1-24(2,14-13-18-9-11-21(27-3)12-10-18)16-20(25)17-29-22-8-6-5-7-19(22)15-23(26)28-4;/h5-12,20,25H,13-17H2,1-4H3;1H/q+1;. The second kappa shape index (κ2) is 12.4. The first-order valence-corrected chi connectivity index (χ1v) is 9.73. The molecule has 0 saturated carbocycles. The summed E-state index contributed by atoms with van der Waals surface area (Å²) >= 11 is 0. The fraction of sp³-hybridized carbons (Fsp3) is 0.435. The van der Waals surface area contributed by atoms with Crippen LogP contribution in [0.1, 0.15) is 11.1 Å². The summed E-state index contributed by atoms with van der Waals surface area (Å²) in [5, 5.41) is 10.5. The third kappa shape index (κ3) is 8.61. The molecule has 0 aliphatic carbocycles. The van der Waals surface area contributed by atoms with Crippen molar-refractivity contribution in [3.05, 3.63) is 59.7 Å². The zero-order valence-electron chi connectivity index (χ0n) is 18.2. The van der Waals surface area contributed by atoms with Crippen LogP contribution in [-0.2, 0) is 22.4 Å². The number of nitrogens with zero attached hydrogens (tertiary/aromatic N) is 1. The van der Waals surface area contributed by atoms with E-state index in [9.17, 15) is 9.90 Å². The van der Waals surface area contributed by atoms with Crippen LogP contribution in [0.25, 0.3) is 0 Å². The van der Waals surface area contributed by atoms with Crippen molar-refractivity contribution < 1.29 is 28.6 Å². The zero-order valence-corrected chi connectivity index (χ0v) is 19.0. The maximum absolute atomic E-state index is 11.5. The Morgan fingerprint density at radius 2 is 1.73 bits per heavy atom. The maximum Gasteiger partial charge on any atom is 0.310 e. The predicted octanol–water partition coefficient (Wildman–Crippen LogP) is 2.89. The van der Waals surface area contributed by atoms with Gasteiger partial charge in [-0.15, -0.1) is 12.4 Å². The highest BCUT2D eigenvalue weighted by Crippen LogP contribution is 2.19. The van der Waals surface area contributed by atoms with E-state index in [0.717, 1.165) is 24.3 Å². The van der Waals surface area contributed by atoms with Crippen LogP contribution in [0.3, 0.4) is 0 Å². The summed E-state index contributed by atoms with van der Waals surface area (Å²) in [4.78, 5) is 11.5. The van der Waals surface area contributed by atoms with E-state index >= 15 is 0 Å². The van der Waals surface area contributed by atoms with Crippen molar-refractivity contribution in [1.82, 2.24) is 0 Å². The van der Waals surface area contributed by atoms with Crippen molar-refractivity contribution in [3.8, 4) is 11.5 Å². The van der Waals surface area contributed by atoms with Crippen molar-refractivity contribution in [1.29, 1.82) is 0 Å². The lowest BCUT2D eigenvalue weighted by atomic mass is 10.1. The monoisotopic (exact) mass is 438 g/mol. The second-order valence-corrected chi connectivity index (χ2v) is 7.77. The van der Waals surface area contributed by atoms with Gasteiger partial charge in [0.1, 0.15) is 30.8 Å². The first-order valence-electron chi connectivity index (χ1n) is 9.73. The van der Waals surface area contributed by atoms with Gasteiger partial charge in [0.15, 0.2) is 0 Å². The second-order valence-electron chi connectivity index (χ2n) is 7.77. The molecule has 166 valence electrons. The molecule has 0 radical (unpaired) electrons. The highest BCUT2D eigenvalue weighted by molar-refractivity contribution is 5.85. The normalized spacial score (nSPS) is 11.9. The lowest BCUT2D eigenvalue weighted by molar-refractivity contribution is -0.893. The van der Waals surface area contributed by atoms with Gasteiger partial charge in [-0.3, -0.25) is 4.79 Å². The Hall–Kier alpha value is -2.28. The smallest absolute Gasteiger partial charge is 0.310 e. The first-order chi connectivity index (χ1) is 13.8. The predicted molar refractivity (Wildman–Crippen MR) is 119 cm³/mol. The average molecular weight is 439 g/mol. The van der Waals surface area contributed by atoms with E-state index in [1.807, 2.05) is 30.3 Å². The van der Waals surface area contributed by atoms with Gasteiger partial charge in [0.2, 0.25) is 0 Å². The molecule has 0 aliphatic rings. The van der Waals surface area contributed by atoms with Gasteiger partial charge in [0.25, 0.3) is 0 Å². The van der Waals surface area contributed by atoms with Crippen LogP contribution < -0.4 is 9.47 Å². The maximum atomic E-state index is 11.5. The molecule has 2 aromatic rings. The number of aliphatic hydroxyl groups excluding tert-OH is 1. The minimum absolute atomic E-state index is 0. The SMILES string of the molecule is COC(=O)Cc1ccccc1OCC(O)C[N+](C)(C)CCc1ccc(OC)cc1.Cl. The number of benzene rings is 2. The van der Waals surface area contributed by atoms with E-state index < -0.39 is 6.10 Å². The van der Waals surface area contributed by atoms with E-state index in [4.69, 9.17) is 14.2 Å². The average Bonchev–Trinajstić information content (AvgIpc) is 2.71. The number of quaternary nitrogens is 1. The van der Waals surface area contributed by atoms with Crippen LogP contribution in [0.5, 0.6) is 11.5 Å². The van der Waals surface area contributed by atoms with Crippen molar-refractivity contribution >= 4 is 18.4 Å². The van der Waals surface area contributed by atoms with Gasteiger partial charge in [0.05, 0.1) is 41.3 Å². The number of rotatable bonds is 11. The quantitative estimate of drug-likeness (QED) is 0.431. The van der Waals surface area contributed by atoms with Crippen LogP contribution in [0.15, 0.2) is 48.5 Å². The molecule has 1 unspecified atom stereocenters. The molecule has 0 aromatic heterocycles. The zero-order chi connectivity index (χ0) is 21.3. The van der Waals surface area contributed by atoms with Crippen LogP contribution in [0, 0.1) is 0 Å². The third-order valence-corrected chi connectivity index (χ3v) is 4.84. The summed E-state index contributed by atoms with van der Waals surface area (Å²) in [6.07, 6.45) is 0.436. The van der Waals surface area contributed by atoms with Gasteiger partial charge in [0, 0.05) is 12.0 Å². The summed E-state index contributed by atoms with van der Waals surface area (Å²) in [6, 6.07) is 15.4. The van der Waals surface area contributed by atoms with Crippen molar-refractivity contribution in [3.63, 3.8) is 0 Å². The Morgan fingerprint density at radius 1 is 1.07 bits per heavy atom. The molecule has 1 N–H and O–H groups in total. The van der Waals surface area contributed by atoms with E-state index in [-0.39, 0.29) is 31.4 Å². The Labute approximate surface area is 185 Å². The van der Waals surface area contributed by atoms with Gasteiger partial charge in [-0.05, 0) is 23.8 Å². The molecule has 0 aliphatic heterocycles. The van der Waals surface area contributed by atoms with E-state index in [1.165, 1.54) is 12.7 Å². The first kappa shape index (κ1) is 25.8. The largest absolute Gasteiger partial charge is 0.497 e. The third-order valence-electron chi connectivity index (χ3n) is 4.84. The number of methoxy groups -OCH3 is 2. The van der Waals surface area contributed by atoms with E-state index in [2.05, 4.69) is 26.2 Å². The molecule has 0 bridgehead atoms.